The minimum atomic E-state index is -1.02. The monoisotopic (exact) mass is 265 g/mol. The number of aryl methyl sites for hydroxylation is 1. The Bertz CT molecular complexity index is 460. The Morgan fingerprint density at radius 2 is 2.00 bits per heavy atom. The van der Waals surface area contributed by atoms with E-state index in [2.05, 4.69) is 16.0 Å². The van der Waals surface area contributed by atoms with Gasteiger partial charge in [-0.25, -0.2) is 9.59 Å². The van der Waals surface area contributed by atoms with E-state index in [4.69, 9.17) is 5.11 Å². The molecule has 4 N–H and O–H groups in total. The summed E-state index contributed by atoms with van der Waals surface area (Å²) in [7, 11) is 1.85. The molecule has 0 aromatic heterocycles. The van der Waals surface area contributed by atoms with Gasteiger partial charge in [0.25, 0.3) is 0 Å². The topological polar surface area (TPSA) is 90.5 Å². The van der Waals surface area contributed by atoms with Crippen LogP contribution in [-0.4, -0.2) is 37.2 Å². The van der Waals surface area contributed by atoms with Crippen LogP contribution >= 0.6 is 0 Å². The first kappa shape index (κ1) is 15.0. The summed E-state index contributed by atoms with van der Waals surface area (Å²) in [5.74, 6) is -1.02. The standard InChI is InChI=1S/C13H19N3O3/c1-9-4-5-10(12(17)18)8-11(9)16-13(19)15-7-3-6-14-2/h4-5,8,14H,3,6-7H2,1-2H3,(H,17,18)(H2,15,16,19). The SMILES string of the molecule is CNCCCNC(=O)Nc1cc(C(=O)O)ccc1C. The number of amides is 2. The van der Waals surface area contributed by atoms with Crippen molar-refractivity contribution in [3.8, 4) is 0 Å². The molecule has 2 amide bonds. The Labute approximate surface area is 112 Å². The van der Waals surface area contributed by atoms with Gasteiger partial charge in [-0.3, -0.25) is 0 Å². The fourth-order valence-electron chi connectivity index (χ4n) is 1.52. The lowest BCUT2D eigenvalue weighted by Crippen LogP contribution is -2.31. The molecule has 6 heteroatoms. The van der Waals surface area contributed by atoms with Crippen molar-refractivity contribution in [3.05, 3.63) is 29.3 Å². The van der Waals surface area contributed by atoms with Gasteiger partial charge in [0.15, 0.2) is 0 Å². The lowest BCUT2D eigenvalue weighted by Gasteiger charge is -2.10. The molecule has 0 unspecified atom stereocenters. The van der Waals surface area contributed by atoms with Gasteiger partial charge in [0.2, 0.25) is 0 Å². The molecule has 1 aromatic carbocycles. The van der Waals surface area contributed by atoms with E-state index < -0.39 is 5.97 Å². The molecule has 1 rings (SSSR count). The van der Waals surface area contributed by atoms with Crippen molar-refractivity contribution in [1.29, 1.82) is 0 Å². The Hall–Kier alpha value is -2.08. The quantitative estimate of drug-likeness (QED) is 0.586. The molecule has 0 aliphatic carbocycles. The summed E-state index contributed by atoms with van der Waals surface area (Å²) in [4.78, 5) is 22.5. The molecule has 6 nitrogen and oxygen atoms in total. The zero-order valence-corrected chi connectivity index (χ0v) is 11.1. The third-order valence-electron chi connectivity index (χ3n) is 2.62. The fourth-order valence-corrected chi connectivity index (χ4v) is 1.52. The summed E-state index contributed by atoms with van der Waals surface area (Å²) in [5.41, 5.74) is 1.47. The van der Waals surface area contributed by atoms with Crippen LogP contribution in [0.2, 0.25) is 0 Å². The highest BCUT2D eigenvalue weighted by Gasteiger charge is 2.08. The number of aromatic carboxylic acids is 1. The average Bonchev–Trinajstić information content (AvgIpc) is 2.37. The van der Waals surface area contributed by atoms with Crippen molar-refractivity contribution in [2.24, 2.45) is 0 Å². The van der Waals surface area contributed by atoms with Crippen molar-refractivity contribution in [2.75, 3.05) is 25.5 Å². The largest absolute Gasteiger partial charge is 0.478 e. The van der Waals surface area contributed by atoms with Crippen molar-refractivity contribution in [3.63, 3.8) is 0 Å². The molecule has 0 saturated heterocycles. The number of carboxylic acids is 1. The lowest BCUT2D eigenvalue weighted by atomic mass is 10.1. The molecule has 0 spiro atoms. The van der Waals surface area contributed by atoms with Crippen LogP contribution < -0.4 is 16.0 Å². The number of rotatable bonds is 6. The fraction of sp³-hybridized carbons (Fsp3) is 0.385. The van der Waals surface area contributed by atoms with Crippen molar-refractivity contribution in [1.82, 2.24) is 10.6 Å². The number of carboxylic acid groups (broad SMARTS) is 1. The second-order valence-electron chi connectivity index (χ2n) is 4.17. The van der Waals surface area contributed by atoms with Gasteiger partial charge in [-0.2, -0.15) is 0 Å². The van der Waals surface area contributed by atoms with E-state index in [0.717, 1.165) is 18.5 Å². The third kappa shape index (κ3) is 4.97. The van der Waals surface area contributed by atoms with E-state index in [-0.39, 0.29) is 11.6 Å². The predicted octanol–water partition coefficient (Wildman–Crippen LogP) is 1.42. The molecule has 0 fully saturated rings. The van der Waals surface area contributed by atoms with E-state index in [9.17, 15) is 9.59 Å². The van der Waals surface area contributed by atoms with Crippen LogP contribution in [0.1, 0.15) is 22.3 Å². The van der Waals surface area contributed by atoms with Crippen LogP contribution in [0.15, 0.2) is 18.2 Å². The van der Waals surface area contributed by atoms with Crippen molar-refractivity contribution >= 4 is 17.7 Å². The number of carbonyl (C=O) groups excluding carboxylic acids is 1. The molecule has 0 radical (unpaired) electrons. The summed E-state index contributed by atoms with van der Waals surface area (Å²) in [6, 6.07) is 4.29. The highest BCUT2D eigenvalue weighted by Crippen LogP contribution is 2.16. The van der Waals surface area contributed by atoms with E-state index in [1.54, 1.807) is 6.07 Å². The number of anilines is 1. The minimum Gasteiger partial charge on any atom is -0.478 e. The number of urea groups is 1. The summed E-state index contributed by atoms with van der Waals surface area (Å²) in [5, 5.41) is 17.2. The molecule has 0 aliphatic rings. The Morgan fingerprint density at radius 3 is 2.63 bits per heavy atom. The van der Waals surface area contributed by atoms with Crippen LogP contribution in [0.3, 0.4) is 0 Å². The van der Waals surface area contributed by atoms with Crippen molar-refractivity contribution in [2.45, 2.75) is 13.3 Å². The number of benzene rings is 1. The molecule has 0 aliphatic heterocycles. The second-order valence-corrected chi connectivity index (χ2v) is 4.17. The van der Waals surface area contributed by atoms with Crippen LogP contribution in [0.25, 0.3) is 0 Å². The van der Waals surface area contributed by atoms with Gasteiger partial charge in [0.05, 0.1) is 5.56 Å². The van der Waals surface area contributed by atoms with E-state index in [1.165, 1.54) is 12.1 Å². The van der Waals surface area contributed by atoms with Gasteiger partial charge in [0.1, 0.15) is 0 Å². The van der Waals surface area contributed by atoms with Crippen LogP contribution in [-0.2, 0) is 0 Å². The maximum absolute atomic E-state index is 11.6. The average molecular weight is 265 g/mol. The molecule has 0 saturated carbocycles. The number of hydrogen-bond acceptors (Lipinski definition) is 3. The zero-order valence-electron chi connectivity index (χ0n) is 11.1. The Balaban J connectivity index is 2.58. The van der Waals surface area contributed by atoms with Crippen LogP contribution in [0.5, 0.6) is 0 Å². The number of nitrogens with one attached hydrogen (secondary N) is 3. The van der Waals surface area contributed by atoms with E-state index >= 15 is 0 Å². The minimum absolute atomic E-state index is 0.149. The highest BCUT2D eigenvalue weighted by atomic mass is 16.4. The smallest absolute Gasteiger partial charge is 0.335 e. The first-order valence-corrected chi connectivity index (χ1v) is 6.08. The Kier molecular flexibility index (Phi) is 5.81. The first-order chi connectivity index (χ1) is 9.04. The molecular formula is C13H19N3O3. The van der Waals surface area contributed by atoms with Crippen molar-refractivity contribution < 1.29 is 14.7 Å². The third-order valence-corrected chi connectivity index (χ3v) is 2.62. The molecule has 1 aromatic rings. The first-order valence-electron chi connectivity index (χ1n) is 6.08. The summed E-state index contributed by atoms with van der Waals surface area (Å²) >= 11 is 0. The van der Waals surface area contributed by atoms with Gasteiger partial charge >= 0.3 is 12.0 Å². The van der Waals surface area contributed by atoms with Gasteiger partial charge in [-0.1, -0.05) is 6.07 Å². The van der Waals surface area contributed by atoms with Crippen LogP contribution in [0.4, 0.5) is 10.5 Å². The van der Waals surface area contributed by atoms with Gasteiger partial charge in [-0.05, 0) is 44.6 Å². The normalized spacial score (nSPS) is 10.0. The van der Waals surface area contributed by atoms with E-state index in [1.807, 2.05) is 14.0 Å². The van der Waals surface area contributed by atoms with Gasteiger partial charge < -0.3 is 21.1 Å². The lowest BCUT2D eigenvalue weighted by molar-refractivity contribution is 0.0697. The highest BCUT2D eigenvalue weighted by molar-refractivity contribution is 5.93. The maximum Gasteiger partial charge on any atom is 0.335 e. The summed E-state index contributed by atoms with van der Waals surface area (Å²) in [6.45, 7) is 3.19. The van der Waals surface area contributed by atoms with Gasteiger partial charge in [0, 0.05) is 12.2 Å². The predicted molar refractivity (Wildman–Crippen MR) is 73.7 cm³/mol. The molecule has 0 heterocycles. The summed E-state index contributed by atoms with van der Waals surface area (Å²) < 4.78 is 0. The van der Waals surface area contributed by atoms with E-state index in [0.29, 0.717) is 12.2 Å². The molecule has 104 valence electrons. The maximum atomic E-state index is 11.6. The molecular weight excluding hydrogens is 246 g/mol. The molecule has 0 atom stereocenters. The zero-order chi connectivity index (χ0) is 14.3. The van der Waals surface area contributed by atoms with Gasteiger partial charge in [-0.15, -0.1) is 0 Å². The molecule has 19 heavy (non-hydrogen) atoms. The van der Waals surface area contributed by atoms with Crippen LogP contribution in [0, 0.1) is 6.92 Å². The number of carbonyl (C=O) groups is 2. The molecule has 0 bridgehead atoms. The summed E-state index contributed by atoms with van der Waals surface area (Å²) in [6.07, 6.45) is 0.831. The second kappa shape index (κ2) is 7.38. The number of hydrogen-bond donors (Lipinski definition) is 4. The Morgan fingerprint density at radius 1 is 1.26 bits per heavy atom.